The fourth-order valence-electron chi connectivity index (χ4n) is 1.54. The van der Waals surface area contributed by atoms with Crippen molar-refractivity contribution in [2.45, 2.75) is 0 Å². The van der Waals surface area contributed by atoms with Crippen LogP contribution in [-0.4, -0.2) is 23.0 Å². The number of carbonyl (C=O) groups is 1. The van der Waals surface area contributed by atoms with Crippen LogP contribution in [0.5, 0.6) is 5.75 Å². The van der Waals surface area contributed by atoms with Crippen LogP contribution in [0.1, 0.15) is 10.4 Å². The van der Waals surface area contributed by atoms with E-state index < -0.39 is 0 Å². The highest BCUT2D eigenvalue weighted by Crippen LogP contribution is 2.24. The lowest BCUT2D eigenvalue weighted by Crippen LogP contribution is -2.26. The highest BCUT2D eigenvalue weighted by Gasteiger charge is 2.16. The molecule has 0 saturated heterocycles. The molecule has 0 bridgehead atoms. The molecule has 0 fully saturated rings. The van der Waals surface area contributed by atoms with E-state index in [4.69, 9.17) is 11.6 Å². The van der Waals surface area contributed by atoms with Gasteiger partial charge in [-0.1, -0.05) is 11.6 Å². The first-order chi connectivity index (χ1) is 8.59. The smallest absolute Gasteiger partial charge is 0.259 e. The van der Waals surface area contributed by atoms with Crippen LogP contribution in [0.2, 0.25) is 5.02 Å². The van der Waals surface area contributed by atoms with Crippen molar-refractivity contribution in [2.24, 2.45) is 0 Å². The number of benzene rings is 1. The van der Waals surface area contributed by atoms with Gasteiger partial charge in [0.1, 0.15) is 5.75 Å². The molecule has 5 heteroatoms. The van der Waals surface area contributed by atoms with Crippen molar-refractivity contribution in [1.29, 1.82) is 0 Å². The maximum absolute atomic E-state index is 12.2. The van der Waals surface area contributed by atoms with Gasteiger partial charge in [0.2, 0.25) is 0 Å². The summed E-state index contributed by atoms with van der Waals surface area (Å²) in [5.41, 5.74) is 0.963. The number of carbonyl (C=O) groups excluding carboxylic acids is 1. The van der Waals surface area contributed by atoms with Crippen LogP contribution in [0, 0.1) is 0 Å². The van der Waals surface area contributed by atoms with E-state index >= 15 is 0 Å². The summed E-state index contributed by atoms with van der Waals surface area (Å²) in [5.74, 6) is -0.284. The normalized spacial score (nSPS) is 10.1. The van der Waals surface area contributed by atoms with Crippen LogP contribution in [-0.2, 0) is 0 Å². The number of nitrogens with zero attached hydrogens (tertiary/aromatic N) is 2. The number of hydrogen-bond donors (Lipinski definition) is 1. The van der Waals surface area contributed by atoms with Crippen LogP contribution < -0.4 is 4.90 Å². The Balaban J connectivity index is 2.34. The average molecular weight is 263 g/mol. The molecule has 1 N–H and O–H groups in total. The number of rotatable bonds is 2. The molecular formula is C13H11ClN2O2. The van der Waals surface area contributed by atoms with E-state index in [1.54, 1.807) is 31.6 Å². The van der Waals surface area contributed by atoms with E-state index in [0.717, 1.165) is 0 Å². The lowest BCUT2D eigenvalue weighted by Gasteiger charge is -2.17. The SMILES string of the molecule is CN(C(=O)c1cc(O)ccc1Cl)c1ccncc1. The van der Waals surface area contributed by atoms with Crippen molar-refractivity contribution >= 4 is 23.2 Å². The lowest BCUT2D eigenvalue weighted by atomic mass is 10.2. The minimum Gasteiger partial charge on any atom is -0.508 e. The van der Waals surface area contributed by atoms with E-state index in [1.807, 2.05) is 0 Å². The molecule has 0 atom stereocenters. The Bertz CT molecular complexity index is 572. The van der Waals surface area contributed by atoms with E-state index in [0.29, 0.717) is 10.7 Å². The molecule has 0 aliphatic heterocycles. The summed E-state index contributed by atoms with van der Waals surface area (Å²) in [6.45, 7) is 0. The monoisotopic (exact) mass is 262 g/mol. The molecule has 0 radical (unpaired) electrons. The molecule has 4 nitrogen and oxygen atoms in total. The summed E-state index contributed by atoms with van der Waals surface area (Å²) >= 11 is 5.95. The average Bonchev–Trinajstić information content (AvgIpc) is 2.41. The highest BCUT2D eigenvalue weighted by atomic mass is 35.5. The van der Waals surface area contributed by atoms with Crippen LogP contribution in [0.3, 0.4) is 0 Å². The largest absolute Gasteiger partial charge is 0.508 e. The molecule has 0 unspecified atom stereocenters. The molecular weight excluding hydrogens is 252 g/mol. The molecule has 2 rings (SSSR count). The number of hydrogen-bond acceptors (Lipinski definition) is 3. The molecule has 1 aromatic carbocycles. The van der Waals surface area contributed by atoms with Crippen molar-refractivity contribution in [3.63, 3.8) is 0 Å². The van der Waals surface area contributed by atoms with Gasteiger partial charge in [0, 0.05) is 25.1 Å². The first-order valence-corrected chi connectivity index (χ1v) is 5.64. The maximum atomic E-state index is 12.2. The molecule has 0 spiro atoms. The quantitative estimate of drug-likeness (QED) is 0.905. The number of halogens is 1. The number of phenols is 1. The topological polar surface area (TPSA) is 53.4 Å². The molecule has 1 heterocycles. The maximum Gasteiger partial charge on any atom is 0.259 e. The van der Waals surface area contributed by atoms with Crippen molar-refractivity contribution in [1.82, 2.24) is 4.98 Å². The summed E-state index contributed by atoms with van der Waals surface area (Å²) in [6.07, 6.45) is 3.20. The Morgan fingerprint density at radius 2 is 1.94 bits per heavy atom. The molecule has 92 valence electrons. The van der Waals surface area contributed by atoms with Gasteiger partial charge in [-0.2, -0.15) is 0 Å². The van der Waals surface area contributed by atoms with E-state index in [-0.39, 0.29) is 17.2 Å². The number of aromatic nitrogens is 1. The Morgan fingerprint density at radius 1 is 1.28 bits per heavy atom. The Morgan fingerprint density at radius 3 is 2.61 bits per heavy atom. The van der Waals surface area contributed by atoms with Crippen molar-refractivity contribution < 1.29 is 9.90 Å². The third kappa shape index (κ3) is 2.43. The zero-order chi connectivity index (χ0) is 13.1. The number of phenolic OH excluding ortho intramolecular Hbond substituents is 1. The van der Waals surface area contributed by atoms with E-state index in [9.17, 15) is 9.90 Å². The van der Waals surface area contributed by atoms with Crippen molar-refractivity contribution in [2.75, 3.05) is 11.9 Å². The predicted octanol–water partition coefficient (Wildman–Crippen LogP) is 2.72. The molecule has 18 heavy (non-hydrogen) atoms. The summed E-state index contributed by atoms with van der Waals surface area (Å²) in [4.78, 5) is 17.6. The molecule has 0 saturated carbocycles. The second kappa shape index (κ2) is 5.06. The Kier molecular flexibility index (Phi) is 3.48. The van der Waals surface area contributed by atoms with Gasteiger partial charge in [-0.3, -0.25) is 9.78 Å². The van der Waals surface area contributed by atoms with Gasteiger partial charge in [0.25, 0.3) is 5.91 Å². The summed E-state index contributed by atoms with van der Waals surface area (Å²) in [6, 6.07) is 7.71. The first-order valence-electron chi connectivity index (χ1n) is 5.26. The number of amides is 1. The van der Waals surface area contributed by atoms with Gasteiger partial charge in [0.05, 0.1) is 10.6 Å². The molecule has 1 aromatic heterocycles. The summed E-state index contributed by atoms with van der Waals surface area (Å²) in [5, 5.41) is 9.70. The van der Waals surface area contributed by atoms with E-state index in [1.165, 1.54) is 23.1 Å². The third-order valence-electron chi connectivity index (χ3n) is 2.54. The Hall–Kier alpha value is -2.07. The van der Waals surface area contributed by atoms with Crippen LogP contribution in [0.15, 0.2) is 42.7 Å². The standard InChI is InChI=1S/C13H11ClN2O2/c1-16(9-4-6-15-7-5-9)13(18)11-8-10(17)2-3-12(11)14/h2-8,17H,1H3. The fraction of sp³-hybridized carbons (Fsp3) is 0.0769. The number of anilines is 1. The fourth-order valence-corrected chi connectivity index (χ4v) is 1.74. The predicted molar refractivity (Wildman–Crippen MR) is 70.1 cm³/mol. The molecule has 2 aromatic rings. The zero-order valence-electron chi connectivity index (χ0n) is 9.67. The number of aromatic hydroxyl groups is 1. The minimum atomic E-state index is -0.290. The van der Waals surface area contributed by atoms with Crippen molar-refractivity contribution in [3.05, 3.63) is 53.3 Å². The summed E-state index contributed by atoms with van der Waals surface area (Å²) in [7, 11) is 1.64. The van der Waals surface area contributed by atoms with Gasteiger partial charge in [0.15, 0.2) is 0 Å². The van der Waals surface area contributed by atoms with Crippen molar-refractivity contribution in [3.8, 4) is 5.75 Å². The van der Waals surface area contributed by atoms with Gasteiger partial charge in [-0.25, -0.2) is 0 Å². The molecule has 1 amide bonds. The lowest BCUT2D eigenvalue weighted by molar-refractivity contribution is 0.0993. The van der Waals surface area contributed by atoms with Gasteiger partial charge in [-0.05, 0) is 30.3 Å². The third-order valence-corrected chi connectivity index (χ3v) is 2.86. The van der Waals surface area contributed by atoms with Gasteiger partial charge >= 0.3 is 0 Å². The van der Waals surface area contributed by atoms with Gasteiger partial charge < -0.3 is 10.0 Å². The zero-order valence-corrected chi connectivity index (χ0v) is 10.4. The molecule has 0 aliphatic rings. The van der Waals surface area contributed by atoms with Crippen LogP contribution in [0.4, 0.5) is 5.69 Å². The summed E-state index contributed by atoms with van der Waals surface area (Å²) < 4.78 is 0. The Labute approximate surface area is 109 Å². The van der Waals surface area contributed by atoms with E-state index in [2.05, 4.69) is 4.98 Å². The minimum absolute atomic E-state index is 0.00544. The number of pyridine rings is 1. The first kappa shape index (κ1) is 12.4. The highest BCUT2D eigenvalue weighted by molar-refractivity contribution is 6.34. The van der Waals surface area contributed by atoms with Gasteiger partial charge in [-0.15, -0.1) is 0 Å². The molecule has 0 aliphatic carbocycles. The van der Waals surface area contributed by atoms with Crippen LogP contribution >= 0.6 is 11.6 Å². The second-order valence-electron chi connectivity index (χ2n) is 3.73. The van der Waals surface area contributed by atoms with Crippen LogP contribution in [0.25, 0.3) is 0 Å². The second-order valence-corrected chi connectivity index (χ2v) is 4.14.